The van der Waals surface area contributed by atoms with Crippen LogP contribution in [0.3, 0.4) is 0 Å². The Balaban J connectivity index is 1.84. The number of aryl methyl sites for hydroxylation is 1. The minimum Gasteiger partial charge on any atom is -0.482 e. The van der Waals surface area contributed by atoms with Crippen molar-refractivity contribution in [2.75, 3.05) is 13.2 Å². The van der Waals surface area contributed by atoms with Crippen molar-refractivity contribution in [2.24, 2.45) is 0 Å². The number of rotatable bonds is 7. The van der Waals surface area contributed by atoms with Gasteiger partial charge in [-0.2, -0.15) is 0 Å². The molecule has 0 saturated heterocycles. The van der Waals surface area contributed by atoms with Crippen LogP contribution in [0.4, 0.5) is 0 Å². The van der Waals surface area contributed by atoms with Gasteiger partial charge in [0, 0.05) is 23.4 Å². The smallest absolute Gasteiger partial charge is 0.344 e. The predicted molar refractivity (Wildman–Crippen MR) is 103 cm³/mol. The normalized spacial score (nSPS) is 10.6. The lowest BCUT2D eigenvalue weighted by Crippen LogP contribution is -2.15. The van der Waals surface area contributed by atoms with Gasteiger partial charge in [0.1, 0.15) is 17.9 Å². The van der Waals surface area contributed by atoms with E-state index in [1.54, 1.807) is 12.1 Å². The maximum absolute atomic E-state index is 12.5. The Morgan fingerprint density at radius 3 is 2.70 bits per heavy atom. The molecule has 0 N–H and O–H groups in total. The van der Waals surface area contributed by atoms with Gasteiger partial charge in [-0.15, -0.1) is 0 Å². The molecule has 0 aliphatic carbocycles. The number of benzene rings is 2. The lowest BCUT2D eigenvalue weighted by Gasteiger charge is -2.10. The standard InChI is InChI=1S/C22H20O5/c1-3-11-25-21(23)14-26-17-9-10-18-15(2)19(22(24)27-20(18)13-17)12-16-7-5-4-6-8-16/h3-10,13H,1,11-12,14H2,2H3. The van der Waals surface area contributed by atoms with E-state index in [4.69, 9.17) is 13.9 Å². The number of hydrogen-bond acceptors (Lipinski definition) is 5. The van der Waals surface area contributed by atoms with Gasteiger partial charge in [0.15, 0.2) is 6.61 Å². The molecule has 5 nitrogen and oxygen atoms in total. The minimum absolute atomic E-state index is 0.137. The number of fused-ring (bicyclic) bond motifs is 1. The molecule has 1 heterocycles. The molecule has 3 rings (SSSR count). The summed E-state index contributed by atoms with van der Waals surface area (Å²) in [4.78, 5) is 24.0. The SMILES string of the molecule is C=CCOC(=O)COc1ccc2c(C)c(Cc3ccccc3)c(=O)oc2c1. The number of hydrogen-bond donors (Lipinski definition) is 0. The van der Waals surface area contributed by atoms with E-state index in [1.165, 1.54) is 6.08 Å². The molecule has 1 aromatic heterocycles. The topological polar surface area (TPSA) is 65.7 Å². The minimum atomic E-state index is -0.495. The highest BCUT2D eigenvalue weighted by molar-refractivity contribution is 5.82. The second-order valence-electron chi connectivity index (χ2n) is 6.07. The zero-order valence-corrected chi connectivity index (χ0v) is 15.1. The number of carbonyl (C=O) groups is 1. The molecule has 0 radical (unpaired) electrons. The summed E-state index contributed by atoms with van der Waals surface area (Å²) in [6.45, 7) is 5.29. The highest BCUT2D eigenvalue weighted by atomic mass is 16.6. The van der Waals surface area contributed by atoms with Gasteiger partial charge >= 0.3 is 11.6 Å². The van der Waals surface area contributed by atoms with E-state index in [0.29, 0.717) is 23.3 Å². The summed E-state index contributed by atoms with van der Waals surface area (Å²) in [6, 6.07) is 14.9. The average molecular weight is 364 g/mol. The number of ether oxygens (including phenoxy) is 2. The molecule has 0 aliphatic rings. The van der Waals surface area contributed by atoms with E-state index in [2.05, 4.69) is 6.58 Å². The lowest BCUT2D eigenvalue weighted by molar-refractivity contribution is -0.144. The Kier molecular flexibility index (Phi) is 5.71. The number of esters is 1. The molecule has 0 amide bonds. The van der Waals surface area contributed by atoms with Crippen molar-refractivity contribution in [3.05, 3.63) is 88.3 Å². The Bertz CT molecular complexity index is 1020. The first kappa shape index (κ1) is 18.5. The van der Waals surface area contributed by atoms with E-state index >= 15 is 0 Å². The molecule has 0 unspecified atom stereocenters. The van der Waals surface area contributed by atoms with Crippen molar-refractivity contribution in [1.29, 1.82) is 0 Å². The summed E-state index contributed by atoms with van der Waals surface area (Å²) in [6.07, 6.45) is 2.00. The van der Waals surface area contributed by atoms with Gasteiger partial charge in [-0.05, 0) is 30.2 Å². The second-order valence-corrected chi connectivity index (χ2v) is 6.07. The largest absolute Gasteiger partial charge is 0.482 e. The van der Waals surface area contributed by atoms with Crippen molar-refractivity contribution < 1.29 is 18.7 Å². The van der Waals surface area contributed by atoms with E-state index in [-0.39, 0.29) is 18.8 Å². The molecular formula is C22H20O5. The quantitative estimate of drug-likeness (QED) is 0.362. The van der Waals surface area contributed by atoms with Crippen molar-refractivity contribution in [1.82, 2.24) is 0 Å². The summed E-state index contributed by atoms with van der Waals surface area (Å²) >= 11 is 0. The average Bonchev–Trinajstić information content (AvgIpc) is 2.68. The van der Waals surface area contributed by atoms with Crippen LogP contribution < -0.4 is 10.4 Å². The third-order valence-electron chi connectivity index (χ3n) is 4.20. The van der Waals surface area contributed by atoms with E-state index in [0.717, 1.165) is 16.5 Å². The van der Waals surface area contributed by atoms with Crippen LogP contribution in [0.15, 0.2) is 70.4 Å². The monoisotopic (exact) mass is 364 g/mol. The first-order valence-corrected chi connectivity index (χ1v) is 8.58. The van der Waals surface area contributed by atoms with E-state index < -0.39 is 5.97 Å². The van der Waals surface area contributed by atoms with E-state index in [9.17, 15) is 9.59 Å². The molecule has 0 bridgehead atoms. The molecule has 0 saturated carbocycles. The van der Waals surface area contributed by atoms with Crippen molar-refractivity contribution in [3.8, 4) is 5.75 Å². The fourth-order valence-electron chi connectivity index (χ4n) is 2.80. The maximum Gasteiger partial charge on any atom is 0.344 e. The van der Waals surface area contributed by atoms with Gasteiger partial charge in [0.05, 0.1) is 0 Å². The molecule has 0 fully saturated rings. The van der Waals surface area contributed by atoms with Crippen LogP contribution in [-0.2, 0) is 16.0 Å². The fourth-order valence-corrected chi connectivity index (χ4v) is 2.80. The molecule has 0 aliphatic heterocycles. The van der Waals surface area contributed by atoms with Crippen LogP contribution in [-0.4, -0.2) is 19.2 Å². The molecular weight excluding hydrogens is 344 g/mol. The summed E-state index contributed by atoms with van der Waals surface area (Å²) < 4.78 is 15.8. The van der Waals surface area contributed by atoms with Crippen LogP contribution in [0.1, 0.15) is 16.7 Å². The Labute approximate surface area is 156 Å². The van der Waals surface area contributed by atoms with Gasteiger partial charge in [-0.3, -0.25) is 0 Å². The third-order valence-corrected chi connectivity index (χ3v) is 4.20. The van der Waals surface area contributed by atoms with Gasteiger partial charge in [-0.25, -0.2) is 9.59 Å². The highest BCUT2D eigenvalue weighted by Crippen LogP contribution is 2.25. The summed E-state index contributed by atoms with van der Waals surface area (Å²) in [5.74, 6) is -0.0674. The molecule has 27 heavy (non-hydrogen) atoms. The second kappa shape index (κ2) is 8.36. The number of carbonyl (C=O) groups excluding carboxylic acids is 1. The molecule has 3 aromatic rings. The van der Waals surface area contributed by atoms with Crippen LogP contribution in [0.2, 0.25) is 0 Å². The molecule has 0 spiro atoms. The molecule has 5 heteroatoms. The maximum atomic E-state index is 12.5. The van der Waals surface area contributed by atoms with Crippen molar-refractivity contribution in [3.63, 3.8) is 0 Å². The zero-order chi connectivity index (χ0) is 19.2. The summed E-state index contributed by atoms with van der Waals surface area (Å²) in [7, 11) is 0. The zero-order valence-electron chi connectivity index (χ0n) is 15.1. The fraction of sp³-hybridized carbons (Fsp3) is 0.182. The lowest BCUT2D eigenvalue weighted by atomic mass is 10.00. The van der Waals surface area contributed by atoms with Crippen LogP contribution in [0.5, 0.6) is 5.75 Å². The summed E-state index contributed by atoms with van der Waals surface area (Å²) in [5.41, 5.74) is 2.61. The van der Waals surface area contributed by atoms with Gasteiger partial charge in [0.2, 0.25) is 0 Å². The molecule has 0 atom stereocenters. The van der Waals surface area contributed by atoms with E-state index in [1.807, 2.05) is 43.3 Å². The van der Waals surface area contributed by atoms with Gasteiger partial charge in [0.25, 0.3) is 0 Å². The van der Waals surface area contributed by atoms with Gasteiger partial charge in [-0.1, -0.05) is 43.0 Å². The summed E-state index contributed by atoms with van der Waals surface area (Å²) in [5, 5.41) is 0.835. The Morgan fingerprint density at radius 2 is 1.96 bits per heavy atom. The van der Waals surface area contributed by atoms with Crippen molar-refractivity contribution >= 4 is 16.9 Å². The predicted octanol–water partition coefficient (Wildman–Crippen LogP) is 3.80. The van der Waals surface area contributed by atoms with Gasteiger partial charge < -0.3 is 13.9 Å². The highest BCUT2D eigenvalue weighted by Gasteiger charge is 2.13. The van der Waals surface area contributed by atoms with Crippen LogP contribution in [0, 0.1) is 6.92 Å². The van der Waals surface area contributed by atoms with Crippen LogP contribution >= 0.6 is 0 Å². The van der Waals surface area contributed by atoms with Crippen LogP contribution in [0.25, 0.3) is 11.0 Å². The van der Waals surface area contributed by atoms with Crippen molar-refractivity contribution in [2.45, 2.75) is 13.3 Å². The first-order valence-electron chi connectivity index (χ1n) is 8.58. The molecule has 2 aromatic carbocycles. The Hall–Kier alpha value is -3.34. The molecule has 138 valence electrons. The Morgan fingerprint density at radius 1 is 1.19 bits per heavy atom. The third kappa shape index (κ3) is 4.44. The first-order chi connectivity index (χ1) is 13.1.